The summed E-state index contributed by atoms with van der Waals surface area (Å²) in [6, 6.07) is 81.1. The van der Waals surface area contributed by atoms with Crippen LogP contribution < -0.4 is 0 Å². The van der Waals surface area contributed by atoms with Crippen LogP contribution in [0.3, 0.4) is 0 Å². The third kappa shape index (κ3) is 7.08. The summed E-state index contributed by atoms with van der Waals surface area (Å²) in [6.07, 6.45) is 0. The van der Waals surface area contributed by atoms with Crippen molar-refractivity contribution in [2.45, 2.75) is 0 Å². The first-order valence-corrected chi connectivity index (χ1v) is 23.7. The van der Waals surface area contributed by atoms with Gasteiger partial charge in [-0.3, -0.25) is 0 Å². The summed E-state index contributed by atoms with van der Waals surface area (Å²) in [7, 11) is 0. The zero-order chi connectivity index (χ0) is 48.1. The van der Waals surface area contributed by atoms with Gasteiger partial charge in [0.25, 0.3) is 0 Å². The van der Waals surface area contributed by atoms with Gasteiger partial charge in [-0.2, -0.15) is 0 Å². The number of nitrogens with zero attached hydrogens (tertiary/aromatic N) is 7. The van der Waals surface area contributed by atoms with E-state index in [9.17, 15) is 0 Å². The van der Waals surface area contributed by atoms with E-state index in [1.54, 1.807) is 0 Å². The van der Waals surface area contributed by atoms with E-state index in [-0.39, 0.29) is 0 Å². The van der Waals surface area contributed by atoms with Gasteiger partial charge in [0.2, 0.25) is 0 Å². The molecule has 0 atom stereocenters. The summed E-state index contributed by atoms with van der Waals surface area (Å²) < 4.78 is 4.65. The van der Waals surface area contributed by atoms with Crippen LogP contribution in [0.1, 0.15) is 0 Å². The molecule has 13 aromatic rings. The highest BCUT2D eigenvalue weighted by Crippen LogP contribution is 2.43. The standard InChI is InChI=1S/C65H39N7/c1-66-56-27-15-12-24-49(56)46-32-36-60-53(40-46)54-41-47(50-25-13-16-28-57(50)67-2)33-37-61(54)72(60)62-35-31-45(44-30-34-59-52(38-44)51-26-14-17-29-58(51)71(59)48-22-10-5-11-23-48)39-55(62)65-69-63(42-18-6-3-7-19-42)68-64(70-65)43-20-8-4-9-21-43/h3-41H. The Hall–Kier alpha value is -10.2. The second-order valence-electron chi connectivity index (χ2n) is 17.7. The molecule has 334 valence electrons. The summed E-state index contributed by atoms with van der Waals surface area (Å²) in [5, 5.41) is 4.34. The summed E-state index contributed by atoms with van der Waals surface area (Å²) in [5.41, 5.74) is 15.6. The van der Waals surface area contributed by atoms with Gasteiger partial charge in [-0.15, -0.1) is 0 Å². The Morgan fingerprint density at radius 1 is 0.292 bits per heavy atom. The molecule has 0 saturated carbocycles. The van der Waals surface area contributed by atoms with Crippen molar-refractivity contribution in [2.75, 3.05) is 0 Å². The lowest BCUT2D eigenvalue weighted by molar-refractivity contribution is 1.06. The van der Waals surface area contributed by atoms with Crippen molar-refractivity contribution in [1.29, 1.82) is 0 Å². The Balaban J connectivity index is 1.10. The molecule has 7 nitrogen and oxygen atoms in total. The Kier molecular flexibility index (Phi) is 10.1. The van der Waals surface area contributed by atoms with Gasteiger partial charge in [0.05, 0.1) is 40.9 Å². The first kappa shape index (κ1) is 41.9. The average molecular weight is 918 g/mol. The second kappa shape index (κ2) is 17.4. The van der Waals surface area contributed by atoms with E-state index in [4.69, 9.17) is 28.1 Å². The molecule has 0 saturated heterocycles. The Morgan fingerprint density at radius 3 is 1.29 bits per heavy atom. The van der Waals surface area contributed by atoms with E-state index >= 15 is 0 Å². The highest BCUT2D eigenvalue weighted by Gasteiger charge is 2.23. The van der Waals surface area contributed by atoms with Crippen molar-refractivity contribution in [1.82, 2.24) is 24.1 Å². The van der Waals surface area contributed by atoms with Gasteiger partial charge >= 0.3 is 0 Å². The van der Waals surface area contributed by atoms with E-state index in [2.05, 4.69) is 146 Å². The quantitative estimate of drug-likeness (QED) is 0.143. The molecule has 10 aromatic carbocycles. The van der Waals surface area contributed by atoms with Gasteiger partial charge in [-0.1, -0.05) is 170 Å². The number of aromatic nitrogens is 5. The zero-order valence-corrected chi connectivity index (χ0v) is 38.6. The molecule has 0 N–H and O–H groups in total. The minimum Gasteiger partial charge on any atom is -0.309 e. The molecule has 7 heteroatoms. The normalized spacial score (nSPS) is 11.3. The van der Waals surface area contributed by atoms with Crippen molar-refractivity contribution < 1.29 is 0 Å². The second-order valence-corrected chi connectivity index (χ2v) is 17.7. The molecule has 13 rings (SSSR count). The molecular weight excluding hydrogens is 879 g/mol. The summed E-state index contributed by atoms with van der Waals surface area (Å²) in [5.74, 6) is 1.67. The maximum atomic E-state index is 8.02. The lowest BCUT2D eigenvalue weighted by Gasteiger charge is -2.17. The van der Waals surface area contributed by atoms with Gasteiger partial charge in [-0.05, 0) is 100 Å². The monoisotopic (exact) mass is 917 g/mol. The van der Waals surface area contributed by atoms with Gasteiger partial charge in [0.1, 0.15) is 0 Å². The predicted molar refractivity (Wildman–Crippen MR) is 294 cm³/mol. The Bertz CT molecular complexity index is 4180. The first-order valence-electron chi connectivity index (χ1n) is 23.7. The van der Waals surface area contributed by atoms with Crippen molar-refractivity contribution in [3.63, 3.8) is 0 Å². The highest BCUT2D eigenvalue weighted by molar-refractivity contribution is 6.13. The van der Waals surface area contributed by atoms with Crippen molar-refractivity contribution in [2.24, 2.45) is 0 Å². The molecule has 0 unspecified atom stereocenters. The molecule has 3 aromatic heterocycles. The molecule has 0 aliphatic heterocycles. The minimum atomic E-state index is 0.529. The molecular formula is C65H39N7. The molecule has 3 heterocycles. The lowest BCUT2D eigenvalue weighted by atomic mass is 9.99. The smallest absolute Gasteiger partial charge is 0.194 e. The first-order chi connectivity index (χ1) is 35.6. The maximum Gasteiger partial charge on any atom is 0.194 e. The van der Waals surface area contributed by atoms with E-state index in [0.29, 0.717) is 28.8 Å². The van der Waals surface area contributed by atoms with Gasteiger partial charge in [0.15, 0.2) is 28.8 Å². The largest absolute Gasteiger partial charge is 0.309 e. The van der Waals surface area contributed by atoms with Crippen LogP contribution in [0.2, 0.25) is 0 Å². The molecule has 72 heavy (non-hydrogen) atoms. The zero-order valence-electron chi connectivity index (χ0n) is 38.6. The number of hydrogen-bond donors (Lipinski definition) is 0. The third-order valence-corrected chi connectivity index (χ3v) is 13.6. The molecule has 0 bridgehead atoms. The van der Waals surface area contributed by atoms with Crippen LogP contribution in [0, 0.1) is 13.1 Å². The number of fused-ring (bicyclic) bond motifs is 6. The van der Waals surface area contributed by atoms with Crippen LogP contribution in [0.25, 0.3) is 132 Å². The van der Waals surface area contributed by atoms with Crippen molar-refractivity contribution in [3.05, 3.63) is 259 Å². The lowest BCUT2D eigenvalue weighted by Crippen LogP contribution is -2.04. The minimum absolute atomic E-state index is 0.529. The van der Waals surface area contributed by atoms with Crippen molar-refractivity contribution in [3.8, 4) is 78.9 Å². The van der Waals surface area contributed by atoms with E-state index in [1.165, 1.54) is 5.39 Å². The van der Waals surface area contributed by atoms with Crippen molar-refractivity contribution >= 4 is 55.0 Å². The molecule has 0 radical (unpaired) electrons. The number of hydrogen-bond acceptors (Lipinski definition) is 3. The fourth-order valence-corrected chi connectivity index (χ4v) is 10.3. The van der Waals surface area contributed by atoms with Gasteiger partial charge in [-0.25, -0.2) is 24.6 Å². The van der Waals surface area contributed by atoms with Crippen LogP contribution in [0.4, 0.5) is 11.4 Å². The molecule has 0 fully saturated rings. The van der Waals surface area contributed by atoms with Crippen LogP contribution in [0.15, 0.2) is 237 Å². The summed E-state index contributed by atoms with van der Waals surface area (Å²) in [4.78, 5) is 23.6. The SMILES string of the molecule is [C-]#[N+]c1ccccc1-c1ccc2c(c1)c1cc(-c3ccccc3[N+]#[C-])ccc1n2-c1ccc(-c2ccc3c(c2)c2ccccc2n3-c2ccccc2)cc1-c1nc(-c2ccccc2)nc(-c2ccccc2)n1. The van der Waals surface area contributed by atoms with Crippen LogP contribution in [-0.4, -0.2) is 24.1 Å². The molecule has 0 aliphatic carbocycles. The maximum absolute atomic E-state index is 8.02. The number of rotatable bonds is 8. The van der Waals surface area contributed by atoms with Crippen LogP contribution >= 0.6 is 0 Å². The third-order valence-electron chi connectivity index (χ3n) is 13.6. The Morgan fingerprint density at radius 2 is 0.708 bits per heavy atom. The van der Waals surface area contributed by atoms with E-state index in [0.717, 1.165) is 99.7 Å². The number of benzene rings is 10. The van der Waals surface area contributed by atoms with E-state index < -0.39 is 0 Å². The van der Waals surface area contributed by atoms with Gasteiger partial charge < -0.3 is 9.13 Å². The molecule has 0 amide bonds. The summed E-state index contributed by atoms with van der Waals surface area (Å²) in [6.45, 7) is 16.0. The Labute approximate surface area is 415 Å². The summed E-state index contributed by atoms with van der Waals surface area (Å²) >= 11 is 0. The fourth-order valence-electron chi connectivity index (χ4n) is 10.3. The van der Waals surface area contributed by atoms with Crippen LogP contribution in [0.5, 0.6) is 0 Å². The number of para-hydroxylation sites is 4. The highest BCUT2D eigenvalue weighted by atomic mass is 15.1. The van der Waals surface area contributed by atoms with Gasteiger partial charge in [0, 0.05) is 43.9 Å². The predicted octanol–water partition coefficient (Wildman–Crippen LogP) is 17.2. The fraction of sp³-hybridized carbons (Fsp3) is 0. The molecule has 0 spiro atoms. The van der Waals surface area contributed by atoms with E-state index in [1.807, 2.05) is 109 Å². The van der Waals surface area contributed by atoms with Crippen LogP contribution in [-0.2, 0) is 0 Å². The average Bonchev–Trinajstić information content (AvgIpc) is 3.97. The topological polar surface area (TPSA) is 57.2 Å². The molecule has 0 aliphatic rings.